The van der Waals surface area contributed by atoms with Crippen LogP contribution >= 0.6 is 0 Å². The molecule has 1 amide bonds. The minimum atomic E-state index is -1.04. The van der Waals surface area contributed by atoms with E-state index in [1.165, 1.54) is 14.2 Å². The number of methoxy groups -OCH3 is 2. The van der Waals surface area contributed by atoms with E-state index in [0.29, 0.717) is 17.1 Å². The van der Waals surface area contributed by atoms with E-state index in [9.17, 15) is 9.59 Å². The molecule has 1 aromatic rings. The predicted molar refractivity (Wildman–Crippen MR) is 75.1 cm³/mol. The molecule has 116 valence electrons. The highest BCUT2D eigenvalue weighted by molar-refractivity contribution is 5.96. The van der Waals surface area contributed by atoms with Crippen molar-refractivity contribution >= 4 is 11.9 Å². The van der Waals surface area contributed by atoms with E-state index in [1.54, 1.807) is 19.1 Å². The zero-order valence-corrected chi connectivity index (χ0v) is 12.3. The van der Waals surface area contributed by atoms with Crippen LogP contribution in [0.3, 0.4) is 0 Å². The topological polar surface area (TPSA) is 94.1 Å². The molecule has 0 aliphatic carbocycles. The highest BCUT2D eigenvalue weighted by Crippen LogP contribution is 2.30. The summed E-state index contributed by atoms with van der Waals surface area (Å²) >= 11 is 0. The summed E-state index contributed by atoms with van der Waals surface area (Å²) in [7, 11) is 3.02. The Morgan fingerprint density at radius 3 is 2.38 bits per heavy atom. The van der Waals surface area contributed by atoms with Crippen LogP contribution in [0.15, 0.2) is 12.1 Å². The molecule has 0 aliphatic heterocycles. The highest BCUT2D eigenvalue weighted by atomic mass is 16.5. The third-order valence-corrected chi connectivity index (χ3v) is 2.73. The predicted octanol–water partition coefficient (Wildman–Crippen LogP) is 0.843. The molecule has 7 heteroatoms. The van der Waals surface area contributed by atoms with Crippen LogP contribution in [0.2, 0.25) is 0 Å². The first-order valence-corrected chi connectivity index (χ1v) is 6.30. The molecule has 2 N–H and O–H groups in total. The van der Waals surface area contributed by atoms with Crippen molar-refractivity contribution in [3.63, 3.8) is 0 Å². The number of amides is 1. The molecule has 0 saturated carbocycles. The Kier molecular flexibility index (Phi) is 6.48. The van der Waals surface area contributed by atoms with Crippen LogP contribution in [0, 0.1) is 6.92 Å². The third-order valence-electron chi connectivity index (χ3n) is 2.73. The van der Waals surface area contributed by atoms with Crippen LogP contribution in [-0.4, -0.2) is 51.0 Å². The molecular formula is C14H19NO6. The molecule has 21 heavy (non-hydrogen) atoms. The van der Waals surface area contributed by atoms with E-state index in [-0.39, 0.29) is 25.7 Å². The van der Waals surface area contributed by atoms with Crippen molar-refractivity contribution in [2.24, 2.45) is 0 Å². The molecule has 0 spiro atoms. The maximum absolute atomic E-state index is 12.1. The van der Waals surface area contributed by atoms with E-state index < -0.39 is 5.97 Å². The second-order valence-corrected chi connectivity index (χ2v) is 4.22. The number of aliphatic carboxylic acids is 1. The molecule has 0 fully saturated rings. The van der Waals surface area contributed by atoms with Gasteiger partial charge in [0.15, 0.2) is 11.5 Å². The van der Waals surface area contributed by atoms with Gasteiger partial charge in [-0.2, -0.15) is 0 Å². The van der Waals surface area contributed by atoms with Gasteiger partial charge in [0, 0.05) is 12.1 Å². The van der Waals surface area contributed by atoms with Crippen LogP contribution < -0.4 is 14.8 Å². The smallest absolute Gasteiger partial charge is 0.329 e. The molecule has 0 aliphatic rings. The van der Waals surface area contributed by atoms with Crippen molar-refractivity contribution in [2.45, 2.75) is 6.92 Å². The maximum atomic E-state index is 12.1. The molecule has 0 heterocycles. The van der Waals surface area contributed by atoms with Gasteiger partial charge in [0.2, 0.25) is 0 Å². The van der Waals surface area contributed by atoms with Gasteiger partial charge < -0.3 is 24.6 Å². The monoisotopic (exact) mass is 297 g/mol. The number of ether oxygens (including phenoxy) is 3. The number of aryl methyl sites for hydroxylation is 1. The average molecular weight is 297 g/mol. The minimum absolute atomic E-state index is 0.129. The largest absolute Gasteiger partial charge is 0.493 e. The number of carbonyl (C=O) groups is 2. The van der Waals surface area contributed by atoms with Gasteiger partial charge in [-0.15, -0.1) is 0 Å². The summed E-state index contributed by atoms with van der Waals surface area (Å²) < 4.78 is 15.1. The van der Waals surface area contributed by atoms with E-state index in [4.69, 9.17) is 19.3 Å². The van der Waals surface area contributed by atoms with Crippen molar-refractivity contribution in [2.75, 3.05) is 34.0 Å². The lowest BCUT2D eigenvalue weighted by Crippen LogP contribution is -2.28. The number of carboxylic acids is 1. The fraction of sp³-hybridized carbons (Fsp3) is 0.429. The van der Waals surface area contributed by atoms with Gasteiger partial charge in [0.25, 0.3) is 5.91 Å². The van der Waals surface area contributed by atoms with Crippen molar-refractivity contribution in [1.29, 1.82) is 0 Å². The number of carboxylic acid groups (broad SMARTS) is 1. The van der Waals surface area contributed by atoms with Gasteiger partial charge in [-0.1, -0.05) is 0 Å². The first kappa shape index (κ1) is 16.8. The van der Waals surface area contributed by atoms with Gasteiger partial charge in [0.05, 0.1) is 20.8 Å². The molecule has 1 aromatic carbocycles. The zero-order valence-electron chi connectivity index (χ0n) is 12.3. The Morgan fingerprint density at radius 1 is 1.19 bits per heavy atom. The fourth-order valence-corrected chi connectivity index (χ4v) is 1.72. The molecule has 0 atom stereocenters. The Morgan fingerprint density at radius 2 is 1.81 bits per heavy atom. The number of rotatable bonds is 8. The summed E-state index contributed by atoms with van der Waals surface area (Å²) in [6.45, 7) is 1.76. The number of hydrogen-bond acceptors (Lipinski definition) is 5. The lowest BCUT2D eigenvalue weighted by molar-refractivity contribution is -0.142. The van der Waals surface area contributed by atoms with Gasteiger partial charge in [-0.05, 0) is 24.6 Å². The summed E-state index contributed by atoms with van der Waals surface area (Å²) in [6, 6.07) is 3.32. The van der Waals surface area contributed by atoms with Crippen LogP contribution in [-0.2, 0) is 9.53 Å². The van der Waals surface area contributed by atoms with Crippen molar-refractivity contribution in [1.82, 2.24) is 5.32 Å². The van der Waals surface area contributed by atoms with Gasteiger partial charge in [0.1, 0.15) is 6.61 Å². The molecule has 0 unspecified atom stereocenters. The van der Waals surface area contributed by atoms with Gasteiger partial charge in [-0.25, -0.2) is 4.79 Å². The minimum Gasteiger partial charge on any atom is -0.493 e. The first-order chi connectivity index (χ1) is 9.99. The summed E-state index contributed by atoms with van der Waals surface area (Å²) in [5.74, 6) is -0.309. The van der Waals surface area contributed by atoms with Crippen molar-refractivity contribution in [3.8, 4) is 11.5 Å². The number of carbonyl (C=O) groups excluding carboxylic acids is 1. The van der Waals surface area contributed by atoms with E-state index >= 15 is 0 Å². The second-order valence-electron chi connectivity index (χ2n) is 4.22. The summed E-state index contributed by atoms with van der Waals surface area (Å²) in [5, 5.41) is 11.1. The van der Waals surface area contributed by atoms with Crippen LogP contribution in [0.25, 0.3) is 0 Å². The molecule has 7 nitrogen and oxygen atoms in total. The number of nitrogens with one attached hydrogen (secondary N) is 1. The van der Waals surface area contributed by atoms with Gasteiger partial charge >= 0.3 is 5.97 Å². The summed E-state index contributed by atoms with van der Waals surface area (Å²) in [4.78, 5) is 22.3. The van der Waals surface area contributed by atoms with E-state index in [1.807, 2.05) is 0 Å². The summed E-state index contributed by atoms with van der Waals surface area (Å²) in [6.07, 6.45) is 0. The second kappa shape index (κ2) is 8.11. The van der Waals surface area contributed by atoms with Crippen LogP contribution in [0.1, 0.15) is 15.9 Å². The Hall–Kier alpha value is -2.28. The maximum Gasteiger partial charge on any atom is 0.329 e. The fourth-order valence-electron chi connectivity index (χ4n) is 1.72. The quantitative estimate of drug-likeness (QED) is 0.691. The molecule has 0 bridgehead atoms. The molecule has 1 rings (SSSR count). The molecular weight excluding hydrogens is 278 g/mol. The number of hydrogen-bond donors (Lipinski definition) is 2. The van der Waals surface area contributed by atoms with Crippen molar-refractivity contribution < 1.29 is 28.9 Å². The van der Waals surface area contributed by atoms with E-state index in [2.05, 4.69) is 5.32 Å². The average Bonchev–Trinajstić information content (AvgIpc) is 2.45. The van der Waals surface area contributed by atoms with Gasteiger partial charge in [-0.3, -0.25) is 4.79 Å². The highest BCUT2D eigenvalue weighted by Gasteiger charge is 2.14. The lowest BCUT2D eigenvalue weighted by atomic mass is 10.1. The van der Waals surface area contributed by atoms with Crippen LogP contribution in [0.5, 0.6) is 11.5 Å². The molecule has 0 aromatic heterocycles. The first-order valence-electron chi connectivity index (χ1n) is 6.30. The third kappa shape index (κ3) is 4.96. The Labute approximate surface area is 122 Å². The normalized spacial score (nSPS) is 10.0. The van der Waals surface area contributed by atoms with Crippen molar-refractivity contribution in [3.05, 3.63) is 23.3 Å². The SMILES string of the molecule is COc1cc(C)c(C(=O)NCCOCC(=O)O)cc1OC. The van der Waals surface area contributed by atoms with E-state index in [0.717, 1.165) is 5.56 Å². The molecule has 0 saturated heterocycles. The Bertz CT molecular complexity index is 514. The standard InChI is InChI=1S/C14H19NO6/c1-9-6-11(19-2)12(20-3)7-10(9)14(18)15-4-5-21-8-13(16)17/h6-7H,4-5,8H2,1-3H3,(H,15,18)(H,16,17). The zero-order chi connectivity index (χ0) is 15.8. The molecule has 0 radical (unpaired) electrons. The summed E-state index contributed by atoms with van der Waals surface area (Å²) in [5.41, 5.74) is 1.21. The Balaban J connectivity index is 2.63. The number of benzene rings is 1. The lowest BCUT2D eigenvalue weighted by Gasteiger charge is -2.12. The van der Waals surface area contributed by atoms with Crippen LogP contribution in [0.4, 0.5) is 0 Å².